The average Bonchev–Trinajstić information content (AvgIpc) is 2.34. The first-order valence-electron chi connectivity index (χ1n) is 6.05. The van der Waals surface area contributed by atoms with Crippen LogP contribution < -0.4 is 0 Å². The van der Waals surface area contributed by atoms with Crippen LogP contribution in [-0.2, 0) is 18.9 Å². The number of rotatable bonds is 6. The van der Waals surface area contributed by atoms with Crippen molar-refractivity contribution in [3.63, 3.8) is 0 Å². The van der Waals surface area contributed by atoms with Crippen LogP contribution >= 0.6 is 7.60 Å². The van der Waals surface area contributed by atoms with E-state index in [1.165, 1.54) is 0 Å². The largest absolute Gasteiger partial charge is 0.481 e. The highest BCUT2D eigenvalue weighted by atomic mass is 31.2. The van der Waals surface area contributed by atoms with Gasteiger partial charge < -0.3 is 24.9 Å². The molecule has 0 saturated heterocycles. The smallest absolute Gasteiger partial charge is 0.344 e. The molecule has 118 valence electrons. The molecule has 1 rings (SSSR count). The standard InChI is InChI=1S/C11H16NO8P/c13-9(14)5-12(6-21(18,19)20)10(15)7-3-1-2-4-8(7)11(16)17/h1-2,7-8H,3-6H2,(H,13,14)(H,16,17)(H2,18,19,20). The summed E-state index contributed by atoms with van der Waals surface area (Å²) in [4.78, 5) is 52.4. The Hall–Kier alpha value is -1.70. The highest BCUT2D eigenvalue weighted by molar-refractivity contribution is 7.51. The summed E-state index contributed by atoms with van der Waals surface area (Å²) < 4.78 is 11.0. The van der Waals surface area contributed by atoms with Crippen LogP contribution in [0.2, 0.25) is 0 Å². The first-order valence-corrected chi connectivity index (χ1v) is 7.84. The summed E-state index contributed by atoms with van der Waals surface area (Å²) in [5.41, 5.74) is 0. The van der Waals surface area contributed by atoms with Gasteiger partial charge in [-0.05, 0) is 12.8 Å². The minimum Gasteiger partial charge on any atom is -0.481 e. The van der Waals surface area contributed by atoms with Gasteiger partial charge in [-0.15, -0.1) is 0 Å². The fourth-order valence-corrected chi connectivity index (χ4v) is 2.86. The van der Waals surface area contributed by atoms with Crippen molar-refractivity contribution < 1.29 is 38.9 Å². The number of hydrogen-bond acceptors (Lipinski definition) is 4. The molecule has 4 N–H and O–H groups in total. The van der Waals surface area contributed by atoms with Crippen LogP contribution in [0.15, 0.2) is 12.2 Å². The molecular formula is C11H16NO8P. The Morgan fingerprint density at radius 3 is 2.05 bits per heavy atom. The summed E-state index contributed by atoms with van der Waals surface area (Å²) in [5.74, 6) is -5.58. The molecule has 2 unspecified atom stereocenters. The molecule has 0 bridgehead atoms. The van der Waals surface area contributed by atoms with Gasteiger partial charge in [0, 0.05) is 0 Å². The summed E-state index contributed by atoms with van der Waals surface area (Å²) in [6, 6.07) is 0. The number of hydrogen-bond donors (Lipinski definition) is 4. The highest BCUT2D eigenvalue weighted by Crippen LogP contribution is 2.37. The lowest BCUT2D eigenvalue weighted by Crippen LogP contribution is -2.44. The molecule has 1 aliphatic carbocycles. The normalized spacial score (nSPS) is 21.8. The van der Waals surface area contributed by atoms with Crippen molar-refractivity contribution in [2.45, 2.75) is 12.8 Å². The third-order valence-corrected chi connectivity index (χ3v) is 3.77. The molecule has 0 fully saturated rings. The van der Waals surface area contributed by atoms with Crippen molar-refractivity contribution in [2.75, 3.05) is 12.8 Å². The van der Waals surface area contributed by atoms with E-state index >= 15 is 0 Å². The second-order valence-electron chi connectivity index (χ2n) is 4.73. The maximum Gasteiger partial charge on any atom is 0.344 e. The van der Waals surface area contributed by atoms with Gasteiger partial charge in [0.2, 0.25) is 5.91 Å². The van der Waals surface area contributed by atoms with Crippen molar-refractivity contribution in [3.8, 4) is 0 Å². The second kappa shape index (κ2) is 6.84. The van der Waals surface area contributed by atoms with Gasteiger partial charge >= 0.3 is 19.5 Å². The van der Waals surface area contributed by atoms with E-state index in [-0.39, 0.29) is 12.8 Å². The molecule has 0 heterocycles. The fourth-order valence-electron chi connectivity index (χ4n) is 2.18. The second-order valence-corrected chi connectivity index (χ2v) is 6.34. The summed E-state index contributed by atoms with van der Waals surface area (Å²) in [5, 5.41) is 17.8. The van der Waals surface area contributed by atoms with Gasteiger partial charge in [0.1, 0.15) is 12.8 Å². The number of amides is 1. The lowest BCUT2D eigenvalue weighted by Gasteiger charge is -2.30. The van der Waals surface area contributed by atoms with Crippen LogP contribution in [0.25, 0.3) is 0 Å². The third kappa shape index (κ3) is 5.30. The van der Waals surface area contributed by atoms with Crippen molar-refractivity contribution in [1.82, 2.24) is 4.90 Å². The Kier molecular flexibility index (Phi) is 5.65. The number of carbonyl (C=O) groups excluding carboxylic acids is 1. The molecule has 21 heavy (non-hydrogen) atoms. The Morgan fingerprint density at radius 2 is 1.62 bits per heavy atom. The van der Waals surface area contributed by atoms with E-state index < -0.39 is 50.1 Å². The van der Waals surface area contributed by atoms with E-state index in [2.05, 4.69) is 0 Å². The van der Waals surface area contributed by atoms with Gasteiger partial charge in [-0.2, -0.15) is 0 Å². The maximum absolute atomic E-state index is 12.2. The quantitative estimate of drug-likeness (QED) is 0.384. The molecule has 0 radical (unpaired) electrons. The number of carboxylic acids is 2. The molecule has 10 heteroatoms. The van der Waals surface area contributed by atoms with Crippen LogP contribution in [0.4, 0.5) is 0 Å². The van der Waals surface area contributed by atoms with E-state index in [9.17, 15) is 18.9 Å². The van der Waals surface area contributed by atoms with E-state index in [1.807, 2.05) is 0 Å². The molecular weight excluding hydrogens is 305 g/mol. The fraction of sp³-hybridized carbons (Fsp3) is 0.545. The van der Waals surface area contributed by atoms with Gasteiger partial charge in [-0.1, -0.05) is 12.2 Å². The molecule has 1 aliphatic rings. The molecule has 0 aromatic heterocycles. The van der Waals surface area contributed by atoms with E-state index in [4.69, 9.17) is 20.0 Å². The van der Waals surface area contributed by atoms with Crippen molar-refractivity contribution in [3.05, 3.63) is 12.2 Å². The van der Waals surface area contributed by atoms with Gasteiger partial charge in [0.15, 0.2) is 0 Å². The Morgan fingerprint density at radius 1 is 1.10 bits per heavy atom. The third-order valence-electron chi connectivity index (χ3n) is 3.06. The van der Waals surface area contributed by atoms with Crippen LogP contribution in [0.1, 0.15) is 12.8 Å². The van der Waals surface area contributed by atoms with Gasteiger partial charge in [-0.3, -0.25) is 18.9 Å². The SMILES string of the molecule is O=C(O)CN(CP(=O)(O)O)C(=O)C1CC=CCC1C(=O)O. The van der Waals surface area contributed by atoms with Crippen LogP contribution in [-0.4, -0.2) is 55.6 Å². The molecule has 0 saturated carbocycles. The summed E-state index contributed by atoms with van der Waals surface area (Å²) >= 11 is 0. The van der Waals surface area contributed by atoms with Crippen LogP contribution in [0.3, 0.4) is 0 Å². The first-order chi connectivity index (χ1) is 9.61. The predicted octanol–water partition coefficient (Wildman–Crippen LogP) is -0.298. The number of allylic oxidation sites excluding steroid dienone is 2. The molecule has 2 atom stereocenters. The molecule has 0 aliphatic heterocycles. The van der Waals surface area contributed by atoms with E-state index in [0.29, 0.717) is 4.90 Å². The minimum atomic E-state index is -4.65. The Balaban J connectivity index is 2.97. The summed E-state index contributed by atoms with van der Waals surface area (Å²) in [6.45, 7) is -0.892. The molecule has 0 aromatic rings. The predicted molar refractivity (Wildman–Crippen MR) is 69.2 cm³/mol. The number of carboxylic acid groups (broad SMARTS) is 2. The van der Waals surface area contributed by atoms with Crippen LogP contribution in [0, 0.1) is 11.8 Å². The zero-order valence-corrected chi connectivity index (χ0v) is 11.8. The molecule has 1 amide bonds. The number of aliphatic carboxylic acids is 2. The van der Waals surface area contributed by atoms with Crippen molar-refractivity contribution in [2.24, 2.45) is 11.8 Å². The van der Waals surface area contributed by atoms with Gasteiger partial charge in [0.25, 0.3) is 0 Å². The lowest BCUT2D eigenvalue weighted by atomic mass is 9.82. The lowest BCUT2D eigenvalue weighted by molar-refractivity contribution is -0.152. The van der Waals surface area contributed by atoms with Gasteiger partial charge in [0.05, 0.1) is 11.8 Å². The molecule has 0 spiro atoms. The zero-order valence-electron chi connectivity index (χ0n) is 11.0. The summed E-state index contributed by atoms with van der Waals surface area (Å²) in [7, 11) is -4.65. The monoisotopic (exact) mass is 321 g/mol. The van der Waals surface area contributed by atoms with Crippen LogP contribution in [0.5, 0.6) is 0 Å². The van der Waals surface area contributed by atoms with E-state index in [0.717, 1.165) is 0 Å². The van der Waals surface area contributed by atoms with Crippen molar-refractivity contribution >= 4 is 25.4 Å². The molecule has 9 nitrogen and oxygen atoms in total. The Labute approximate surface area is 120 Å². The average molecular weight is 321 g/mol. The maximum atomic E-state index is 12.2. The number of nitrogens with zero attached hydrogens (tertiary/aromatic N) is 1. The highest BCUT2D eigenvalue weighted by Gasteiger charge is 2.38. The zero-order chi connectivity index (χ0) is 16.2. The number of carbonyl (C=O) groups is 3. The first kappa shape index (κ1) is 17.4. The Bertz CT molecular complexity index is 510. The van der Waals surface area contributed by atoms with E-state index in [1.54, 1.807) is 12.2 Å². The topological polar surface area (TPSA) is 152 Å². The van der Waals surface area contributed by atoms with Crippen molar-refractivity contribution in [1.29, 1.82) is 0 Å². The summed E-state index contributed by atoms with van der Waals surface area (Å²) in [6.07, 6.45) is 2.35. The molecule has 0 aromatic carbocycles. The minimum absolute atomic E-state index is 0.0904. The van der Waals surface area contributed by atoms with Gasteiger partial charge in [-0.25, -0.2) is 0 Å².